The molecular formula is C17H25Cl2IN4O2. The van der Waals surface area contributed by atoms with Gasteiger partial charge in [-0.05, 0) is 30.5 Å². The van der Waals surface area contributed by atoms with Gasteiger partial charge in [0.2, 0.25) is 5.91 Å². The highest BCUT2D eigenvalue weighted by Crippen LogP contribution is 2.21. The first-order chi connectivity index (χ1) is 12.0. The average Bonchev–Trinajstić information content (AvgIpc) is 3.08. The van der Waals surface area contributed by atoms with E-state index in [1.54, 1.807) is 26.2 Å². The number of carbonyl (C=O) groups excluding carboxylic acids is 1. The molecule has 0 aromatic heterocycles. The monoisotopic (exact) mass is 514 g/mol. The normalized spacial score (nSPS) is 16.8. The number of rotatable bonds is 6. The molecular weight excluding hydrogens is 490 g/mol. The van der Waals surface area contributed by atoms with Gasteiger partial charge in [0.1, 0.15) is 0 Å². The molecule has 0 saturated carbocycles. The minimum Gasteiger partial charge on any atom is -0.376 e. The zero-order valence-corrected chi connectivity index (χ0v) is 18.8. The minimum atomic E-state index is -0.0314. The van der Waals surface area contributed by atoms with Crippen LogP contribution in [0.2, 0.25) is 10.0 Å². The van der Waals surface area contributed by atoms with Gasteiger partial charge in [-0.25, -0.2) is 4.99 Å². The number of carbonyl (C=O) groups is 1. The highest BCUT2D eigenvalue weighted by Gasteiger charge is 2.16. The second-order valence-corrected chi connectivity index (χ2v) is 6.90. The lowest BCUT2D eigenvalue weighted by molar-refractivity contribution is -0.127. The number of nitrogens with one attached hydrogen (secondary N) is 2. The van der Waals surface area contributed by atoms with Crippen molar-refractivity contribution in [3.05, 3.63) is 33.8 Å². The van der Waals surface area contributed by atoms with Crippen molar-refractivity contribution in [2.45, 2.75) is 25.5 Å². The summed E-state index contributed by atoms with van der Waals surface area (Å²) in [7, 11) is 3.43. The molecule has 1 aliphatic rings. The molecule has 26 heavy (non-hydrogen) atoms. The number of hydrogen-bond donors (Lipinski definition) is 2. The number of amides is 1. The van der Waals surface area contributed by atoms with Gasteiger partial charge in [0, 0.05) is 37.3 Å². The van der Waals surface area contributed by atoms with Crippen LogP contribution in [0.5, 0.6) is 0 Å². The number of ether oxygens (including phenoxy) is 1. The van der Waals surface area contributed by atoms with Gasteiger partial charge in [-0.2, -0.15) is 0 Å². The van der Waals surface area contributed by atoms with Crippen LogP contribution in [0.3, 0.4) is 0 Å². The van der Waals surface area contributed by atoms with Crippen LogP contribution < -0.4 is 10.6 Å². The van der Waals surface area contributed by atoms with Gasteiger partial charge >= 0.3 is 0 Å². The van der Waals surface area contributed by atoms with Gasteiger partial charge in [0.15, 0.2) is 5.96 Å². The van der Waals surface area contributed by atoms with Crippen LogP contribution in [0.1, 0.15) is 18.4 Å². The molecule has 6 nitrogen and oxygen atoms in total. The number of benzene rings is 1. The molecule has 1 aromatic carbocycles. The third-order valence-corrected chi connectivity index (χ3v) is 4.44. The SMILES string of the molecule is CN(C)C(=O)CNC(=NCc1ccc(Cl)cc1Cl)NCC1CCCO1.I. The largest absolute Gasteiger partial charge is 0.376 e. The van der Waals surface area contributed by atoms with Gasteiger partial charge in [-0.15, -0.1) is 24.0 Å². The second kappa shape index (κ2) is 11.8. The van der Waals surface area contributed by atoms with Crippen LogP contribution in [-0.2, 0) is 16.1 Å². The maximum absolute atomic E-state index is 11.8. The summed E-state index contributed by atoms with van der Waals surface area (Å²) in [5.41, 5.74) is 0.864. The lowest BCUT2D eigenvalue weighted by atomic mass is 10.2. The molecule has 1 amide bonds. The topological polar surface area (TPSA) is 66.0 Å². The van der Waals surface area contributed by atoms with Crippen molar-refractivity contribution in [1.82, 2.24) is 15.5 Å². The summed E-state index contributed by atoms with van der Waals surface area (Å²) in [5, 5.41) is 7.44. The zero-order chi connectivity index (χ0) is 18.2. The molecule has 0 spiro atoms. The van der Waals surface area contributed by atoms with Crippen LogP contribution >= 0.6 is 47.2 Å². The molecule has 2 rings (SSSR count). The molecule has 1 aliphatic heterocycles. The van der Waals surface area contributed by atoms with Crippen LogP contribution in [0.15, 0.2) is 23.2 Å². The maximum Gasteiger partial charge on any atom is 0.241 e. The molecule has 1 saturated heterocycles. The molecule has 1 fully saturated rings. The summed E-state index contributed by atoms with van der Waals surface area (Å²) >= 11 is 12.1. The van der Waals surface area contributed by atoms with Crippen molar-refractivity contribution in [2.24, 2.45) is 4.99 Å². The number of hydrogen-bond acceptors (Lipinski definition) is 3. The predicted octanol–water partition coefficient (Wildman–Crippen LogP) is 2.91. The first-order valence-corrected chi connectivity index (χ1v) is 8.99. The second-order valence-electron chi connectivity index (χ2n) is 6.06. The average molecular weight is 515 g/mol. The van der Waals surface area contributed by atoms with Crippen molar-refractivity contribution in [2.75, 3.05) is 33.8 Å². The zero-order valence-electron chi connectivity index (χ0n) is 14.9. The summed E-state index contributed by atoms with van der Waals surface area (Å²) in [6, 6.07) is 5.31. The molecule has 1 aromatic rings. The van der Waals surface area contributed by atoms with E-state index >= 15 is 0 Å². The Balaban J connectivity index is 0.00000338. The number of nitrogens with zero attached hydrogens (tertiary/aromatic N) is 2. The third-order valence-electron chi connectivity index (χ3n) is 3.85. The van der Waals surface area contributed by atoms with Gasteiger partial charge in [-0.1, -0.05) is 29.3 Å². The lowest BCUT2D eigenvalue weighted by Gasteiger charge is -2.17. The van der Waals surface area contributed by atoms with E-state index in [4.69, 9.17) is 27.9 Å². The summed E-state index contributed by atoms with van der Waals surface area (Å²) < 4.78 is 5.61. The molecule has 0 bridgehead atoms. The molecule has 9 heteroatoms. The van der Waals surface area contributed by atoms with Crippen molar-refractivity contribution >= 4 is 59.0 Å². The van der Waals surface area contributed by atoms with Gasteiger partial charge in [-0.3, -0.25) is 4.79 Å². The van der Waals surface area contributed by atoms with Gasteiger partial charge in [0.25, 0.3) is 0 Å². The maximum atomic E-state index is 11.8. The Kier molecular flexibility index (Phi) is 10.6. The van der Waals surface area contributed by atoms with E-state index in [0.29, 0.717) is 29.1 Å². The Labute approximate surface area is 181 Å². The van der Waals surface area contributed by atoms with Gasteiger partial charge < -0.3 is 20.3 Å². The first kappa shape index (κ1) is 23.3. The summed E-state index contributed by atoms with van der Waals surface area (Å²) in [6.45, 7) is 1.99. The van der Waals surface area contributed by atoms with Crippen LogP contribution in [0.25, 0.3) is 0 Å². The Bertz CT molecular complexity index is 623. The van der Waals surface area contributed by atoms with Crippen LogP contribution in [0, 0.1) is 0 Å². The Morgan fingerprint density at radius 1 is 1.35 bits per heavy atom. The van der Waals surface area contributed by atoms with E-state index in [1.165, 1.54) is 4.90 Å². The summed E-state index contributed by atoms with van der Waals surface area (Å²) in [4.78, 5) is 17.8. The third kappa shape index (κ3) is 7.85. The number of guanidine groups is 1. The lowest BCUT2D eigenvalue weighted by Crippen LogP contribution is -2.45. The fraction of sp³-hybridized carbons (Fsp3) is 0.529. The standard InChI is InChI=1S/C17H24Cl2N4O2.HI/c1-23(2)16(24)11-22-17(21-10-14-4-3-7-25-14)20-9-12-5-6-13(18)8-15(12)19;/h5-6,8,14H,3-4,7,9-11H2,1-2H3,(H2,20,21,22);1H. The molecule has 146 valence electrons. The predicted molar refractivity (Wildman–Crippen MR) is 117 cm³/mol. The number of likely N-dealkylation sites (N-methyl/N-ethyl adjacent to an activating group) is 1. The Morgan fingerprint density at radius 2 is 2.12 bits per heavy atom. The van der Waals surface area contributed by atoms with E-state index in [0.717, 1.165) is 25.0 Å². The fourth-order valence-corrected chi connectivity index (χ4v) is 2.79. The van der Waals surface area contributed by atoms with E-state index in [2.05, 4.69) is 15.6 Å². The van der Waals surface area contributed by atoms with Crippen molar-refractivity contribution in [1.29, 1.82) is 0 Å². The molecule has 2 N–H and O–H groups in total. The highest BCUT2D eigenvalue weighted by atomic mass is 127. The van der Waals surface area contributed by atoms with Crippen LogP contribution in [0.4, 0.5) is 0 Å². The van der Waals surface area contributed by atoms with Crippen molar-refractivity contribution < 1.29 is 9.53 Å². The van der Waals surface area contributed by atoms with E-state index in [9.17, 15) is 4.79 Å². The Morgan fingerprint density at radius 3 is 2.73 bits per heavy atom. The van der Waals surface area contributed by atoms with Gasteiger partial charge in [0.05, 0.1) is 19.2 Å². The van der Waals surface area contributed by atoms with Crippen LogP contribution in [-0.4, -0.2) is 56.7 Å². The molecule has 1 unspecified atom stereocenters. The summed E-state index contributed by atoms with van der Waals surface area (Å²) in [6.07, 6.45) is 2.28. The Hall–Kier alpha value is -0.770. The molecule has 0 radical (unpaired) electrons. The molecule has 0 aliphatic carbocycles. The quantitative estimate of drug-likeness (QED) is 0.348. The molecule has 1 heterocycles. The smallest absolute Gasteiger partial charge is 0.241 e. The van der Waals surface area contributed by atoms with E-state index in [1.807, 2.05) is 6.07 Å². The van der Waals surface area contributed by atoms with E-state index < -0.39 is 0 Å². The fourth-order valence-electron chi connectivity index (χ4n) is 2.32. The van der Waals surface area contributed by atoms with Crippen molar-refractivity contribution in [3.8, 4) is 0 Å². The van der Waals surface area contributed by atoms with E-state index in [-0.39, 0.29) is 42.5 Å². The molecule has 1 atom stereocenters. The van der Waals surface area contributed by atoms with Crippen molar-refractivity contribution in [3.63, 3.8) is 0 Å². The first-order valence-electron chi connectivity index (χ1n) is 8.23. The summed E-state index contributed by atoms with van der Waals surface area (Å²) in [5.74, 6) is 0.521. The highest BCUT2D eigenvalue weighted by molar-refractivity contribution is 14.0. The number of halogens is 3. The number of aliphatic imine (C=N–C) groups is 1. The minimum absolute atomic E-state index is 0.